The molecule has 0 heterocycles. The third kappa shape index (κ3) is 4.66. The van der Waals surface area contributed by atoms with E-state index in [9.17, 15) is 0 Å². The van der Waals surface area contributed by atoms with Crippen molar-refractivity contribution in [3.05, 3.63) is 35.4 Å². The molecule has 2 N–H and O–H groups in total. The molecule has 0 aliphatic heterocycles. The van der Waals surface area contributed by atoms with Gasteiger partial charge in [-0.3, -0.25) is 4.90 Å². The Morgan fingerprint density at radius 2 is 2.24 bits per heavy atom. The zero-order chi connectivity index (χ0) is 12.8. The van der Waals surface area contributed by atoms with Crippen LogP contribution in [0.3, 0.4) is 0 Å². The molecule has 0 radical (unpaired) electrons. The second-order valence-electron chi connectivity index (χ2n) is 4.28. The predicted molar refractivity (Wildman–Crippen MR) is 81.6 cm³/mol. The maximum Gasteiger partial charge on any atom is 0.103 e. The fraction of sp³-hybridized carbons (Fsp3) is 0.462. The third-order valence-corrected chi connectivity index (χ3v) is 3.86. The van der Waals surface area contributed by atoms with Crippen molar-refractivity contribution in [2.24, 2.45) is 5.73 Å². The fourth-order valence-electron chi connectivity index (χ4n) is 1.64. The molecular weight excluding hydrogens is 248 g/mol. The van der Waals surface area contributed by atoms with Crippen molar-refractivity contribution in [2.45, 2.75) is 19.5 Å². The third-order valence-electron chi connectivity index (χ3n) is 2.80. The van der Waals surface area contributed by atoms with E-state index in [1.54, 1.807) is 0 Å². The van der Waals surface area contributed by atoms with E-state index in [0.29, 0.717) is 11.0 Å². The van der Waals surface area contributed by atoms with Gasteiger partial charge in [0.25, 0.3) is 0 Å². The van der Waals surface area contributed by atoms with Crippen LogP contribution in [0.4, 0.5) is 0 Å². The van der Waals surface area contributed by atoms with Gasteiger partial charge in [-0.05, 0) is 31.9 Å². The van der Waals surface area contributed by atoms with E-state index in [0.717, 1.165) is 17.9 Å². The zero-order valence-electron chi connectivity index (χ0n) is 10.6. The smallest absolute Gasteiger partial charge is 0.103 e. The van der Waals surface area contributed by atoms with Crippen molar-refractivity contribution in [2.75, 3.05) is 19.1 Å². The summed E-state index contributed by atoms with van der Waals surface area (Å²) in [5.41, 5.74) is 7.84. The maximum absolute atomic E-state index is 5.64. The van der Waals surface area contributed by atoms with E-state index >= 15 is 0 Å². The van der Waals surface area contributed by atoms with Crippen LogP contribution in [0.2, 0.25) is 0 Å². The summed E-state index contributed by atoms with van der Waals surface area (Å²) in [5, 5.41) is 0. The molecule has 2 nitrogen and oxygen atoms in total. The topological polar surface area (TPSA) is 29.3 Å². The molecule has 0 fully saturated rings. The summed E-state index contributed by atoms with van der Waals surface area (Å²) < 4.78 is 0. The van der Waals surface area contributed by atoms with Crippen LogP contribution in [0.25, 0.3) is 0 Å². The summed E-state index contributed by atoms with van der Waals surface area (Å²) in [7, 11) is 2.15. The summed E-state index contributed by atoms with van der Waals surface area (Å²) in [4.78, 5) is 2.81. The number of rotatable bonds is 6. The molecule has 4 heteroatoms. The van der Waals surface area contributed by atoms with Gasteiger partial charge >= 0.3 is 0 Å². The monoisotopic (exact) mass is 268 g/mol. The van der Waals surface area contributed by atoms with Gasteiger partial charge in [0.2, 0.25) is 0 Å². The minimum Gasteiger partial charge on any atom is -0.389 e. The van der Waals surface area contributed by atoms with Crippen LogP contribution in [0.15, 0.2) is 24.3 Å². The van der Waals surface area contributed by atoms with Crippen LogP contribution in [0.5, 0.6) is 0 Å². The van der Waals surface area contributed by atoms with Crippen molar-refractivity contribution < 1.29 is 0 Å². The van der Waals surface area contributed by atoms with E-state index in [-0.39, 0.29) is 0 Å². The van der Waals surface area contributed by atoms with Gasteiger partial charge in [-0.1, -0.05) is 30.4 Å². The number of hydrogen-bond donors (Lipinski definition) is 1. The molecule has 0 aliphatic carbocycles. The summed E-state index contributed by atoms with van der Waals surface area (Å²) >= 11 is 6.86. The lowest BCUT2D eigenvalue weighted by Gasteiger charge is -2.24. The van der Waals surface area contributed by atoms with Crippen LogP contribution in [0, 0.1) is 0 Å². The Morgan fingerprint density at radius 3 is 2.82 bits per heavy atom. The van der Waals surface area contributed by atoms with E-state index in [2.05, 4.69) is 37.3 Å². The van der Waals surface area contributed by atoms with E-state index in [4.69, 9.17) is 18.0 Å². The predicted octanol–water partition coefficient (Wildman–Crippen LogP) is 2.50. The highest BCUT2D eigenvalue weighted by Gasteiger charge is 2.09. The van der Waals surface area contributed by atoms with Gasteiger partial charge in [-0.2, -0.15) is 11.8 Å². The normalized spacial score (nSPS) is 12.7. The maximum atomic E-state index is 5.64. The Hall–Kier alpha value is -0.580. The fourth-order valence-corrected chi connectivity index (χ4v) is 2.50. The minimum absolute atomic E-state index is 0.465. The first kappa shape index (κ1) is 14.5. The number of nitrogens with zero attached hydrogens (tertiary/aromatic N) is 1. The standard InChI is InChI=1S/C13H20N2S2/c1-10(9-17-3)15(2)8-11-5-4-6-12(7-11)13(14)16/h4-7,10H,8-9H2,1-3H3,(H2,14,16). The van der Waals surface area contributed by atoms with Gasteiger partial charge in [-0.25, -0.2) is 0 Å². The highest BCUT2D eigenvalue weighted by molar-refractivity contribution is 7.98. The van der Waals surface area contributed by atoms with E-state index in [1.807, 2.05) is 23.9 Å². The first-order chi connectivity index (χ1) is 8.04. The van der Waals surface area contributed by atoms with Gasteiger partial charge in [0.1, 0.15) is 4.99 Å². The number of nitrogens with two attached hydrogens (primary N) is 1. The number of thiocarbonyl (C=S) groups is 1. The highest BCUT2D eigenvalue weighted by Crippen LogP contribution is 2.11. The number of hydrogen-bond acceptors (Lipinski definition) is 3. The summed E-state index contributed by atoms with van der Waals surface area (Å²) in [6.45, 7) is 3.17. The zero-order valence-corrected chi connectivity index (χ0v) is 12.3. The molecule has 1 rings (SSSR count). The lowest BCUT2D eigenvalue weighted by molar-refractivity contribution is 0.270. The highest BCUT2D eigenvalue weighted by atomic mass is 32.2. The first-order valence-electron chi connectivity index (χ1n) is 5.62. The number of benzene rings is 1. The summed E-state index contributed by atoms with van der Waals surface area (Å²) in [5.74, 6) is 1.14. The van der Waals surface area contributed by atoms with Crippen LogP contribution >= 0.6 is 24.0 Å². The largest absolute Gasteiger partial charge is 0.389 e. The summed E-state index contributed by atoms with van der Waals surface area (Å²) in [6, 6.07) is 8.72. The second-order valence-corrected chi connectivity index (χ2v) is 5.63. The molecule has 0 saturated carbocycles. The van der Waals surface area contributed by atoms with Gasteiger partial charge in [0, 0.05) is 23.9 Å². The van der Waals surface area contributed by atoms with Gasteiger partial charge < -0.3 is 5.73 Å². The molecule has 0 spiro atoms. The van der Waals surface area contributed by atoms with Crippen molar-refractivity contribution in [3.63, 3.8) is 0 Å². The minimum atomic E-state index is 0.465. The first-order valence-corrected chi connectivity index (χ1v) is 7.42. The Balaban J connectivity index is 2.68. The quantitative estimate of drug-likeness (QED) is 0.803. The molecule has 1 atom stereocenters. The molecule has 1 aromatic carbocycles. The van der Waals surface area contributed by atoms with Crippen LogP contribution < -0.4 is 5.73 Å². The van der Waals surface area contributed by atoms with Crippen LogP contribution in [-0.2, 0) is 6.54 Å². The Kier molecular flexibility index (Phi) is 5.95. The molecule has 1 unspecified atom stereocenters. The lowest BCUT2D eigenvalue weighted by Crippen LogP contribution is -2.30. The number of thioether (sulfide) groups is 1. The van der Waals surface area contributed by atoms with Crippen LogP contribution in [-0.4, -0.2) is 35.0 Å². The Labute approximate surface area is 114 Å². The average molecular weight is 268 g/mol. The lowest BCUT2D eigenvalue weighted by atomic mass is 10.1. The molecule has 0 aliphatic rings. The van der Waals surface area contributed by atoms with Crippen molar-refractivity contribution in [1.82, 2.24) is 4.90 Å². The molecule has 0 bridgehead atoms. The Bertz CT molecular complexity index is 379. The van der Waals surface area contributed by atoms with Crippen LogP contribution in [0.1, 0.15) is 18.1 Å². The van der Waals surface area contributed by atoms with E-state index in [1.165, 1.54) is 5.56 Å². The van der Waals surface area contributed by atoms with Gasteiger partial charge in [-0.15, -0.1) is 0 Å². The van der Waals surface area contributed by atoms with Crippen molar-refractivity contribution >= 4 is 29.0 Å². The van der Waals surface area contributed by atoms with Gasteiger partial charge in [0.15, 0.2) is 0 Å². The Morgan fingerprint density at radius 1 is 1.53 bits per heavy atom. The van der Waals surface area contributed by atoms with E-state index < -0.39 is 0 Å². The average Bonchev–Trinajstić information content (AvgIpc) is 2.29. The molecular formula is C13H20N2S2. The molecule has 17 heavy (non-hydrogen) atoms. The molecule has 94 valence electrons. The SMILES string of the molecule is CSCC(C)N(C)Cc1cccc(C(N)=S)c1. The molecule has 0 amide bonds. The molecule has 1 aromatic rings. The summed E-state index contributed by atoms with van der Waals surface area (Å²) in [6.07, 6.45) is 2.14. The van der Waals surface area contributed by atoms with Crippen molar-refractivity contribution in [3.8, 4) is 0 Å². The van der Waals surface area contributed by atoms with Gasteiger partial charge in [0.05, 0.1) is 0 Å². The second kappa shape index (κ2) is 6.99. The molecule has 0 aromatic heterocycles. The van der Waals surface area contributed by atoms with Crippen molar-refractivity contribution in [1.29, 1.82) is 0 Å². The molecule has 0 saturated heterocycles.